The van der Waals surface area contributed by atoms with E-state index in [4.69, 9.17) is 0 Å². The lowest BCUT2D eigenvalue weighted by Gasteiger charge is -2.32. The summed E-state index contributed by atoms with van der Waals surface area (Å²) >= 11 is 1.40. The van der Waals surface area contributed by atoms with Gasteiger partial charge >= 0.3 is 0 Å². The summed E-state index contributed by atoms with van der Waals surface area (Å²) in [6, 6.07) is 8.54. The van der Waals surface area contributed by atoms with Crippen LogP contribution in [0.5, 0.6) is 0 Å². The lowest BCUT2D eigenvalue weighted by Crippen LogP contribution is -2.32. The molecule has 1 N–H and O–H groups in total. The Kier molecular flexibility index (Phi) is 6.14. The zero-order valence-corrected chi connectivity index (χ0v) is 17.2. The average molecular weight is 401 g/mol. The number of amides is 1. The van der Waals surface area contributed by atoms with E-state index in [9.17, 15) is 4.79 Å². The molecule has 28 heavy (non-hydrogen) atoms. The van der Waals surface area contributed by atoms with Crippen molar-refractivity contribution >= 4 is 29.0 Å². The summed E-state index contributed by atoms with van der Waals surface area (Å²) in [5.41, 5.74) is 2.06. The fourth-order valence-corrected chi connectivity index (χ4v) is 4.75. The third-order valence-corrected chi connectivity index (χ3v) is 6.70. The lowest BCUT2D eigenvalue weighted by molar-refractivity contribution is -0.113. The Balaban J connectivity index is 1.28. The number of aromatic nitrogens is 4. The number of anilines is 2. The molecule has 2 fully saturated rings. The predicted molar refractivity (Wildman–Crippen MR) is 112 cm³/mol. The molecule has 0 radical (unpaired) electrons. The van der Waals surface area contributed by atoms with Crippen LogP contribution in [0.2, 0.25) is 0 Å². The van der Waals surface area contributed by atoms with Crippen LogP contribution in [0.4, 0.5) is 11.4 Å². The number of hydrogen-bond donors (Lipinski definition) is 1. The fraction of sp³-hybridized carbons (Fsp3) is 0.600. The molecule has 1 saturated heterocycles. The van der Waals surface area contributed by atoms with Gasteiger partial charge in [-0.15, -0.1) is 5.10 Å². The number of carbonyl (C=O) groups is 1. The van der Waals surface area contributed by atoms with Gasteiger partial charge in [-0.2, -0.15) is 0 Å². The Labute approximate surface area is 170 Å². The van der Waals surface area contributed by atoms with Crippen LogP contribution >= 0.6 is 11.8 Å². The maximum absolute atomic E-state index is 12.3. The van der Waals surface area contributed by atoms with E-state index < -0.39 is 0 Å². The van der Waals surface area contributed by atoms with Crippen molar-refractivity contribution in [1.29, 1.82) is 0 Å². The van der Waals surface area contributed by atoms with Gasteiger partial charge in [0.25, 0.3) is 0 Å². The van der Waals surface area contributed by atoms with Gasteiger partial charge < -0.3 is 10.2 Å². The van der Waals surface area contributed by atoms with Crippen LogP contribution in [0.1, 0.15) is 51.5 Å². The summed E-state index contributed by atoms with van der Waals surface area (Å²) in [6.45, 7) is 4.54. The highest BCUT2D eigenvalue weighted by Crippen LogP contribution is 2.31. The number of tetrazole rings is 1. The molecule has 1 aromatic carbocycles. The maximum atomic E-state index is 12.3. The first kappa shape index (κ1) is 19.2. The largest absolute Gasteiger partial charge is 0.372 e. The molecule has 2 heterocycles. The maximum Gasteiger partial charge on any atom is 0.234 e. The first-order chi connectivity index (χ1) is 13.7. The Bertz CT molecular complexity index is 778. The molecule has 1 aliphatic heterocycles. The van der Waals surface area contributed by atoms with Crippen molar-refractivity contribution in [2.75, 3.05) is 29.1 Å². The second kappa shape index (κ2) is 8.94. The van der Waals surface area contributed by atoms with Crippen molar-refractivity contribution in [3.05, 3.63) is 24.3 Å². The summed E-state index contributed by atoms with van der Waals surface area (Å²) in [5, 5.41) is 15.7. The van der Waals surface area contributed by atoms with Crippen molar-refractivity contribution in [1.82, 2.24) is 20.2 Å². The van der Waals surface area contributed by atoms with Gasteiger partial charge in [0.05, 0.1) is 11.8 Å². The van der Waals surface area contributed by atoms with Crippen molar-refractivity contribution in [3.8, 4) is 0 Å². The molecule has 1 aliphatic carbocycles. The lowest BCUT2D eigenvalue weighted by atomic mass is 9.99. The molecule has 7 nitrogen and oxygen atoms in total. The first-order valence-corrected chi connectivity index (χ1v) is 11.2. The molecule has 1 aromatic heterocycles. The number of thioether (sulfide) groups is 1. The molecule has 1 amide bonds. The van der Waals surface area contributed by atoms with Gasteiger partial charge in [0, 0.05) is 24.5 Å². The zero-order valence-electron chi connectivity index (χ0n) is 16.4. The molecular formula is C20H28N6OS. The quantitative estimate of drug-likeness (QED) is 0.744. The summed E-state index contributed by atoms with van der Waals surface area (Å²) in [7, 11) is 0. The number of nitrogens with zero attached hydrogens (tertiary/aromatic N) is 5. The van der Waals surface area contributed by atoms with E-state index in [1.165, 1.54) is 43.1 Å². The minimum Gasteiger partial charge on any atom is -0.372 e. The van der Waals surface area contributed by atoms with Crippen molar-refractivity contribution in [2.45, 2.75) is 56.6 Å². The minimum absolute atomic E-state index is 0.0366. The number of benzene rings is 1. The van der Waals surface area contributed by atoms with Crippen LogP contribution in [-0.2, 0) is 4.79 Å². The van der Waals surface area contributed by atoms with E-state index in [-0.39, 0.29) is 5.91 Å². The van der Waals surface area contributed by atoms with Gasteiger partial charge in [0.2, 0.25) is 11.1 Å². The Morgan fingerprint density at radius 1 is 1.14 bits per heavy atom. The van der Waals surface area contributed by atoms with Gasteiger partial charge in [-0.3, -0.25) is 4.79 Å². The molecule has 0 bridgehead atoms. The van der Waals surface area contributed by atoms with Crippen LogP contribution in [-0.4, -0.2) is 45.0 Å². The highest BCUT2D eigenvalue weighted by molar-refractivity contribution is 7.99. The summed E-state index contributed by atoms with van der Waals surface area (Å²) in [6.07, 6.45) is 7.18. The third kappa shape index (κ3) is 4.66. The summed E-state index contributed by atoms with van der Waals surface area (Å²) in [5.74, 6) is 1.09. The third-order valence-electron chi connectivity index (χ3n) is 5.77. The van der Waals surface area contributed by atoms with Gasteiger partial charge in [-0.25, -0.2) is 4.68 Å². The Morgan fingerprint density at radius 2 is 1.86 bits per heavy atom. The number of nitrogens with one attached hydrogen (secondary N) is 1. The number of carbonyl (C=O) groups excluding carboxylic acids is 1. The highest BCUT2D eigenvalue weighted by atomic mass is 32.2. The number of hydrogen-bond acceptors (Lipinski definition) is 6. The van der Waals surface area contributed by atoms with Crippen LogP contribution in [0.25, 0.3) is 0 Å². The fourth-order valence-electron chi connectivity index (χ4n) is 4.01. The second-order valence-electron chi connectivity index (χ2n) is 7.90. The Hall–Kier alpha value is -2.09. The van der Waals surface area contributed by atoms with Crippen molar-refractivity contribution in [3.63, 3.8) is 0 Å². The molecule has 150 valence electrons. The van der Waals surface area contributed by atoms with Gasteiger partial charge in [-0.1, -0.05) is 31.5 Å². The van der Waals surface area contributed by atoms with E-state index in [1.807, 2.05) is 16.8 Å². The van der Waals surface area contributed by atoms with Crippen LogP contribution in [0.15, 0.2) is 29.4 Å². The summed E-state index contributed by atoms with van der Waals surface area (Å²) < 4.78 is 1.89. The second-order valence-corrected chi connectivity index (χ2v) is 8.84. The predicted octanol–water partition coefficient (Wildman–Crippen LogP) is 3.76. The van der Waals surface area contributed by atoms with Gasteiger partial charge in [-0.05, 0) is 66.3 Å². The monoisotopic (exact) mass is 400 g/mol. The number of rotatable bonds is 6. The van der Waals surface area contributed by atoms with Gasteiger partial charge in [0.15, 0.2) is 0 Å². The van der Waals surface area contributed by atoms with E-state index in [2.05, 4.69) is 44.8 Å². The molecule has 2 aromatic rings. The molecule has 0 atom stereocenters. The summed E-state index contributed by atoms with van der Waals surface area (Å²) in [4.78, 5) is 14.8. The molecule has 4 rings (SSSR count). The van der Waals surface area contributed by atoms with Crippen LogP contribution in [0, 0.1) is 5.92 Å². The normalized spacial score (nSPS) is 18.5. The van der Waals surface area contributed by atoms with Crippen molar-refractivity contribution in [2.24, 2.45) is 5.92 Å². The van der Waals surface area contributed by atoms with Crippen LogP contribution in [0.3, 0.4) is 0 Å². The molecular weight excluding hydrogens is 372 g/mol. The van der Waals surface area contributed by atoms with E-state index >= 15 is 0 Å². The molecule has 1 saturated carbocycles. The molecule has 0 unspecified atom stereocenters. The average Bonchev–Trinajstić information content (AvgIpc) is 3.39. The first-order valence-electron chi connectivity index (χ1n) is 10.2. The van der Waals surface area contributed by atoms with Crippen molar-refractivity contribution < 1.29 is 4.79 Å². The molecule has 8 heteroatoms. The SMILES string of the molecule is CC1CCN(c2ccc(NC(=O)CSc3nnnn3C3CCCC3)cc2)CC1. The molecule has 0 spiro atoms. The Morgan fingerprint density at radius 3 is 2.57 bits per heavy atom. The van der Waals surface area contributed by atoms with E-state index in [1.54, 1.807) is 0 Å². The van der Waals surface area contributed by atoms with Crippen LogP contribution < -0.4 is 10.2 Å². The minimum atomic E-state index is -0.0366. The standard InChI is InChI=1S/C20H28N6OS/c1-15-10-12-25(13-11-15)17-8-6-16(7-9-17)21-19(27)14-28-20-22-23-24-26(20)18-4-2-3-5-18/h6-9,15,18H,2-5,10-14H2,1H3,(H,21,27). The zero-order chi connectivity index (χ0) is 19.3. The smallest absolute Gasteiger partial charge is 0.234 e. The molecule has 2 aliphatic rings. The number of piperidine rings is 1. The van der Waals surface area contributed by atoms with Gasteiger partial charge in [0.1, 0.15) is 0 Å². The van der Waals surface area contributed by atoms with E-state index in [0.717, 1.165) is 42.7 Å². The highest BCUT2D eigenvalue weighted by Gasteiger charge is 2.22. The topological polar surface area (TPSA) is 75.9 Å². The van der Waals surface area contributed by atoms with E-state index in [0.29, 0.717) is 11.8 Å².